The SMILES string of the molecule is CN(c1cc(N)ccn1)C12CC3CC(CC(C3)C1)C2. The molecule has 5 rings (SSSR count). The van der Waals surface area contributed by atoms with Crippen molar-refractivity contribution in [3.05, 3.63) is 18.3 Å². The first-order valence-corrected chi connectivity index (χ1v) is 7.60. The van der Waals surface area contributed by atoms with Crippen LogP contribution in [-0.2, 0) is 0 Å². The number of nitrogen functional groups attached to an aromatic ring is 1. The Morgan fingerprint density at radius 2 is 1.74 bits per heavy atom. The summed E-state index contributed by atoms with van der Waals surface area (Å²) in [4.78, 5) is 6.99. The largest absolute Gasteiger partial charge is 0.399 e. The normalized spacial score (nSPS) is 39.5. The summed E-state index contributed by atoms with van der Waals surface area (Å²) in [5, 5.41) is 0. The van der Waals surface area contributed by atoms with Gasteiger partial charge in [-0.15, -0.1) is 0 Å². The number of aromatic nitrogens is 1. The number of anilines is 2. The fourth-order valence-electron chi connectivity index (χ4n) is 5.34. The highest BCUT2D eigenvalue weighted by Crippen LogP contribution is 2.57. The Morgan fingerprint density at radius 3 is 2.26 bits per heavy atom. The van der Waals surface area contributed by atoms with Crippen LogP contribution in [0.3, 0.4) is 0 Å². The van der Waals surface area contributed by atoms with Gasteiger partial charge in [0.25, 0.3) is 0 Å². The maximum Gasteiger partial charge on any atom is 0.130 e. The quantitative estimate of drug-likeness (QED) is 0.885. The number of nitrogens with two attached hydrogens (primary N) is 1. The Balaban J connectivity index is 1.68. The van der Waals surface area contributed by atoms with Crippen LogP contribution in [0.25, 0.3) is 0 Å². The van der Waals surface area contributed by atoms with E-state index in [4.69, 9.17) is 5.73 Å². The summed E-state index contributed by atoms with van der Waals surface area (Å²) in [6.07, 6.45) is 10.4. The minimum absolute atomic E-state index is 0.371. The summed E-state index contributed by atoms with van der Waals surface area (Å²) < 4.78 is 0. The van der Waals surface area contributed by atoms with Gasteiger partial charge in [-0.1, -0.05) is 0 Å². The van der Waals surface area contributed by atoms with Gasteiger partial charge in [0.15, 0.2) is 0 Å². The molecule has 3 nitrogen and oxygen atoms in total. The van der Waals surface area contributed by atoms with E-state index in [1.54, 1.807) is 0 Å². The maximum absolute atomic E-state index is 5.92. The molecule has 0 aliphatic heterocycles. The fraction of sp³-hybridized carbons (Fsp3) is 0.688. The van der Waals surface area contributed by atoms with Crippen molar-refractivity contribution in [3.8, 4) is 0 Å². The molecule has 0 spiro atoms. The van der Waals surface area contributed by atoms with E-state index >= 15 is 0 Å². The Bertz CT molecular complexity index is 461. The van der Waals surface area contributed by atoms with E-state index in [1.165, 1.54) is 38.5 Å². The summed E-state index contributed by atoms with van der Waals surface area (Å²) in [6, 6.07) is 3.90. The van der Waals surface area contributed by atoms with Gasteiger partial charge in [0.1, 0.15) is 5.82 Å². The van der Waals surface area contributed by atoms with Crippen LogP contribution < -0.4 is 10.6 Å². The monoisotopic (exact) mass is 257 g/mol. The first kappa shape index (κ1) is 11.6. The second-order valence-corrected chi connectivity index (χ2v) is 7.15. The second-order valence-electron chi connectivity index (χ2n) is 7.15. The van der Waals surface area contributed by atoms with Crippen LogP contribution in [-0.4, -0.2) is 17.6 Å². The Labute approximate surface area is 115 Å². The van der Waals surface area contributed by atoms with Crippen LogP contribution in [0.15, 0.2) is 18.3 Å². The Morgan fingerprint density at radius 1 is 1.16 bits per heavy atom. The molecule has 0 saturated heterocycles. The summed E-state index contributed by atoms with van der Waals surface area (Å²) in [5.74, 6) is 3.96. The lowest BCUT2D eigenvalue weighted by Crippen LogP contribution is -2.59. The molecular weight excluding hydrogens is 234 g/mol. The molecule has 2 N–H and O–H groups in total. The average molecular weight is 257 g/mol. The third-order valence-corrected chi connectivity index (χ3v) is 5.83. The van der Waals surface area contributed by atoms with Crippen molar-refractivity contribution in [3.63, 3.8) is 0 Å². The number of nitrogens with zero attached hydrogens (tertiary/aromatic N) is 2. The first-order chi connectivity index (χ1) is 9.14. The third kappa shape index (κ3) is 1.74. The van der Waals surface area contributed by atoms with Crippen LogP contribution >= 0.6 is 0 Å². The van der Waals surface area contributed by atoms with Gasteiger partial charge in [-0.2, -0.15) is 0 Å². The fourth-order valence-corrected chi connectivity index (χ4v) is 5.34. The van der Waals surface area contributed by atoms with Crippen LogP contribution in [0.2, 0.25) is 0 Å². The van der Waals surface area contributed by atoms with Gasteiger partial charge < -0.3 is 10.6 Å². The molecule has 0 radical (unpaired) electrons. The van der Waals surface area contributed by atoms with Crippen LogP contribution in [0.1, 0.15) is 38.5 Å². The lowest BCUT2D eigenvalue weighted by atomic mass is 9.52. The number of pyridine rings is 1. The molecule has 0 amide bonds. The van der Waals surface area contributed by atoms with Crippen LogP contribution in [0.5, 0.6) is 0 Å². The summed E-state index contributed by atoms with van der Waals surface area (Å²) in [6.45, 7) is 0. The molecule has 0 unspecified atom stereocenters. The van der Waals surface area contributed by atoms with Crippen molar-refractivity contribution in [1.82, 2.24) is 4.98 Å². The van der Waals surface area contributed by atoms with Crippen LogP contribution in [0.4, 0.5) is 11.5 Å². The van der Waals surface area contributed by atoms with Crippen molar-refractivity contribution < 1.29 is 0 Å². The second kappa shape index (κ2) is 3.87. The lowest BCUT2D eigenvalue weighted by molar-refractivity contribution is -0.00228. The van der Waals surface area contributed by atoms with E-state index in [-0.39, 0.29) is 0 Å². The van der Waals surface area contributed by atoms with Gasteiger partial charge >= 0.3 is 0 Å². The van der Waals surface area contributed by atoms with E-state index in [0.717, 1.165) is 29.3 Å². The lowest BCUT2D eigenvalue weighted by Gasteiger charge is -2.60. The average Bonchev–Trinajstić information content (AvgIpc) is 2.36. The molecule has 1 aromatic heterocycles. The molecule has 102 valence electrons. The first-order valence-electron chi connectivity index (χ1n) is 7.60. The minimum atomic E-state index is 0.371. The van der Waals surface area contributed by atoms with Crippen LogP contribution in [0, 0.1) is 17.8 Å². The zero-order valence-electron chi connectivity index (χ0n) is 11.7. The van der Waals surface area contributed by atoms with Crippen molar-refractivity contribution >= 4 is 11.5 Å². The van der Waals surface area contributed by atoms with Gasteiger partial charge in [0.2, 0.25) is 0 Å². The van der Waals surface area contributed by atoms with Gasteiger partial charge in [-0.3, -0.25) is 0 Å². The topological polar surface area (TPSA) is 42.1 Å². The van der Waals surface area contributed by atoms with E-state index in [2.05, 4.69) is 16.9 Å². The molecule has 19 heavy (non-hydrogen) atoms. The molecule has 4 saturated carbocycles. The van der Waals surface area contributed by atoms with Gasteiger partial charge in [-0.05, 0) is 62.3 Å². The highest BCUT2D eigenvalue weighted by atomic mass is 15.2. The predicted octanol–water partition coefficient (Wildman–Crippen LogP) is 3.07. The molecule has 0 atom stereocenters. The molecule has 4 aliphatic rings. The molecule has 4 aliphatic carbocycles. The van der Waals surface area contributed by atoms with Crippen molar-refractivity contribution in [2.75, 3.05) is 17.7 Å². The smallest absolute Gasteiger partial charge is 0.130 e. The summed E-state index contributed by atoms with van der Waals surface area (Å²) in [5.41, 5.74) is 7.11. The Kier molecular flexibility index (Phi) is 2.36. The number of hydrogen-bond donors (Lipinski definition) is 1. The van der Waals surface area contributed by atoms with E-state index < -0.39 is 0 Å². The van der Waals surface area contributed by atoms with Crippen molar-refractivity contribution in [2.45, 2.75) is 44.1 Å². The van der Waals surface area contributed by atoms with Gasteiger partial charge in [0.05, 0.1) is 0 Å². The van der Waals surface area contributed by atoms with E-state index in [9.17, 15) is 0 Å². The van der Waals surface area contributed by atoms with Gasteiger partial charge in [-0.25, -0.2) is 4.98 Å². The predicted molar refractivity (Wildman–Crippen MR) is 78.0 cm³/mol. The zero-order valence-corrected chi connectivity index (χ0v) is 11.7. The highest BCUT2D eigenvalue weighted by molar-refractivity contribution is 5.51. The summed E-state index contributed by atoms with van der Waals surface area (Å²) in [7, 11) is 2.23. The summed E-state index contributed by atoms with van der Waals surface area (Å²) >= 11 is 0. The number of rotatable bonds is 2. The molecular formula is C16H23N3. The molecule has 1 heterocycles. The Hall–Kier alpha value is -1.25. The van der Waals surface area contributed by atoms with Gasteiger partial charge in [0, 0.05) is 30.5 Å². The standard InChI is InChI=1S/C16H23N3/c1-19(15-7-14(17)2-3-18-15)16-8-11-4-12(9-16)6-13(5-11)10-16/h2-3,7,11-13H,4-6,8-10H2,1H3,(H2,17,18). The van der Waals surface area contributed by atoms with E-state index in [1.807, 2.05) is 18.3 Å². The molecule has 4 fully saturated rings. The van der Waals surface area contributed by atoms with E-state index in [0.29, 0.717) is 5.54 Å². The molecule has 3 heteroatoms. The maximum atomic E-state index is 5.92. The van der Waals surface area contributed by atoms with Crippen molar-refractivity contribution in [2.24, 2.45) is 17.8 Å². The zero-order chi connectivity index (χ0) is 13.0. The molecule has 1 aromatic rings. The minimum Gasteiger partial charge on any atom is -0.399 e. The van der Waals surface area contributed by atoms with Crippen molar-refractivity contribution in [1.29, 1.82) is 0 Å². The third-order valence-electron chi connectivity index (χ3n) is 5.83. The number of hydrogen-bond acceptors (Lipinski definition) is 3. The molecule has 0 aromatic carbocycles. The highest BCUT2D eigenvalue weighted by Gasteiger charge is 2.53. The molecule has 4 bridgehead atoms.